The summed E-state index contributed by atoms with van der Waals surface area (Å²) in [4.78, 5) is 25.8. The van der Waals surface area contributed by atoms with Crippen molar-refractivity contribution in [1.29, 1.82) is 0 Å². The van der Waals surface area contributed by atoms with Gasteiger partial charge in [0.2, 0.25) is 11.0 Å². The van der Waals surface area contributed by atoms with Crippen LogP contribution in [0.3, 0.4) is 0 Å². The fraction of sp³-hybridized carbons (Fsp3) is 0.385. The molecule has 0 unspecified atom stereocenters. The molecule has 2 aromatic carbocycles. The minimum atomic E-state index is -0.707. The number of amides is 2. The molecule has 34 heavy (non-hydrogen) atoms. The summed E-state index contributed by atoms with van der Waals surface area (Å²) in [6.07, 6.45) is 4.52. The number of hydrogen-bond donors (Lipinski definition) is 2. The molecule has 3 rings (SSSR count). The van der Waals surface area contributed by atoms with Gasteiger partial charge in [0.15, 0.2) is 0 Å². The predicted molar refractivity (Wildman–Crippen MR) is 136 cm³/mol. The van der Waals surface area contributed by atoms with Gasteiger partial charge in [-0.25, -0.2) is 0 Å². The van der Waals surface area contributed by atoms with Crippen molar-refractivity contribution in [3.05, 3.63) is 59.7 Å². The minimum Gasteiger partial charge on any atom is -0.497 e. The van der Waals surface area contributed by atoms with Crippen LogP contribution in [0.5, 0.6) is 5.75 Å². The maximum Gasteiger partial charge on any atom is 0.251 e. The van der Waals surface area contributed by atoms with Gasteiger partial charge in [-0.05, 0) is 48.6 Å². The molecule has 2 amide bonds. The fourth-order valence-corrected chi connectivity index (χ4v) is 4.23. The molecule has 0 radical (unpaired) electrons. The highest BCUT2D eigenvalue weighted by molar-refractivity contribution is 7.18. The quantitative estimate of drug-likeness (QED) is 0.361. The first kappa shape index (κ1) is 25.4. The highest BCUT2D eigenvalue weighted by atomic mass is 32.1. The van der Waals surface area contributed by atoms with E-state index in [4.69, 9.17) is 4.74 Å². The van der Waals surface area contributed by atoms with Crippen LogP contribution in [0.1, 0.15) is 56.0 Å². The number of nitrogens with zero attached hydrogens (tertiary/aromatic N) is 2. The Balaban J connectivity index is 1.63. The number of rotatable bonds is 11. The van der Waals surface area contributed by atoms with E-state index in [9.17, 15) is 9.59 Å². The van der Waals surface area contributed by atoms with Crippen molar-refractivity contribution >= 4 is 28.3 Å². The van der Waals surface area contributed by atoms with E-state index in [0.29, 0.717) is 15.7 Å². The Hall–Kier alpha value is -3.26. The van der Waals surface area contributed by atoms with Crippen molar-refractivity contribution in [1.82, 2.24) is 15.5 Å². The third kappa shape index (κ3) is 6.87. The van der Waals surface area contributed by atoms with E-state index in [0.717, 1.165) is 24.2 Å². The molecule has 0 aliphatic carbocycles. The first-order valence-electron chi connectivity index (χ1n) is 11.6. The van der Waals surface area contributed by atoms with Crippen LogP contribution in [0.25, 0.3) is 10.6 Å². The van der Waals surface area contributed by atoms with Crippen molar-refractivity contribution in [2.75, 3.05) is 12.4 Å². The topological polar surface area (TPSA) is 93.2 Å². The van der Waals surface area contributed by atoms with Crippen molar-refractivity contribution in [3.63, 3.8) is 0 Å². The Morgan fingerprint density at radius 1 is 1.06 bits per heavy atom. The molecule has 1 atom stereocenters. The van der Waals surface area contributed by atoms with E-state index >= 15 is 0 Å². The maximum absolute atomic E-state index is 13.0. The van der Waals surface area contributed by atoms with Crippen LogP contribution in [-0.4, -0.2) is 35.2 Å². The van der Waals surface area contributed by atoms with Gasteiger partial charge in [-0.15, -0.1) is 10.2 Å². The first-order chi connectivity index (χ1) is 16.4. The minimum absolute atomic E-state index is 0.108. The van der Waals surface area contributed by atoms with E-state index in [-0.39, 0.29) is 17.7 Å². The zero-order valence-electron chi connectivity index (χ0n) is 20.1. The summed E-state index contributed by atoms with van der Waals surface area (Å²) in [7, 11) is 1.60. The number of unbranched alkanes of at least 4 members (excludes halogenated alkanes) is 2. The van der Waals surface area contributed by atoms with Crippen molar-refractivity contribution < 1.29 is 14.3 Å². The third-order valence-corrected chi connectivity index (χ3v) is 6.38. The van der Waals surface area contributed by atoms with Crippen LogP contribution >= 0.6 is 11.3 Å². The average Bonchev–Trinajstić information content (AvgIpc) is 3.31. The highest BCUT2D eigenvalue weighted by Crippen LogP contribution is 2.29. The molecule has 1 aromatic heterocycles. The van der Waals surface area contributed by atoms with Gasteiger partial charge in [0, 0.05) is 11.1 Å². The Morgan fingerprint density at radius 3 is 2.50 bits per heavy atom. The van der Waals surface area contributed by atoms with Crippen molar-refractivity contribution in [3.8, 4) is 16.3 Å². The molecule has 7 nitrogen and oxygen atoms in total. The van der Waals surface area contributed by atoms with Gasteiger partial charge in [0.1, 0.15) is 16.8 Å². The maximum atomic E-state index is 13.0. The third-order valence-electron chi connectivity index (χ3n) is 5.49. The second-order valence-corrected chi connectivity index (χ2v) is 9.46. The van der Waals surface area contributed by atoms with Gasteiger partial charge in [-0.1, -0.05) is 69.2 Å². The Labute approximate surface area is 205 Å². The van der Waals surface area contributed by atoms with Gasteiger partial charge in [-0.3, -0.25) is 14.9 Å². The van der Waals surface area contributed by atoms with E-state index < -0.39 is 6.04 Å². The molecule has 0 fully saturated rings. The predicted octanol–water partition coefficient (Wildman–Crippen LogP) is 5.34. The van der Waals surface area contributed by atoms with E-state index in [1.54, 1.807) is 7.11 Å². The van der Waals surface area contributed by atoms with Crippen molar-refractivity contribution in [2.24, 2.45) is 5.92 Å². The number of nitrogens with one attached hydrogen (secondary N) is 2. The molecule has 2 N–H and O–H groups in total. The van der Waals surface area contributed by atoms with E-state index in [1.807, 2.05) is 62.4 Å². The molecule has 1 heterocycles. The Bertz CT molecular complexity index is 1100. The van der Waals surface area contributed by atoms with Gasteiger partial charge < -0.3 is 10.1 Å². The fourth-order valence-electron chi connectivity index (χ4n) is 3.49. The molecule has 0 aliphatic heterocycles. The van der Waals surface area contributed by atoms with Crippen LogP contribution in [0, 0.1) is 5.92 Å². The Kier molecular flexibility index (Phi) is 9.16. The van der Waals surface area contributed by atoms with Crippen LogP contribution in [0.4, 0.5) is 5.13 Å². The van der Waals surface area contributed by atoms with E-state index in [1.165, 1.54) is 29.7 Å². The van der Waals surface area contributed by atoms with Gasteiger partial charge in [0.25, 0.3) is 5.91 Å². The highest BCUT2D eigenvalue weighted by Gasteiger charge is 2.26. The monoisotopic (exact) mass is 480 g/mol. The molecular weight excluding hydrogens is 448 g/mol. The lowest BCUT2D eigenvalue weighted by molar-refractivity contribution is -0.118. The van der Waals surface area contributed by atoms with Gasteiger partial charge in [0.05, 0.1) is 7.11 Å². The molecule has 3 aromatic rings. The second-order valence-electron chi connectivity index (χ2n) is 8.48. The average molecular weight is 481 g/mol. The summed E-state index contributed by atoms with van der Waals surface area (Å²) in [5.41, 5.74) is 2.60. The van der Waals surface area contributed by atoms with Crippen LogP contribution in [0.15, 0.2) is 48.5 Å². The number of hydrogen-bond acceptors (Lipinski definition) is 6. The molecule has 0 saturated carbocycles. The van der Waals surface area contributed by atoms with Crippen LogP contribution < -0.4 is 15.4 Å². The molecular formula is C26H32N4O3S. The number of ether oxygens (including phenoxy) is 1. The zero-order chi connectivity index (χ0) is 24.5. The second kappa shape index (κ2) is 12.3. The number of benzene rings is 2. The summed E-state index contributed by atoms with van der Waals surface area (Å²) in [5, 5.41) is 15.0. The summed E-state index contributed by atoms with van der Waals surface area (Å²) < 4.78 is 5.25. The standard InChI is InChI=1S/C26H32N4O3S/c1-5-6-7-9-18-12-14-19(15-13-18)23(31)27-22(17(2)3)24(32)28-26-30-29-25(34-26)20-10-8-11-21(16-20)33-4/h8,10-17,22H,5-7,9H2,1-4H3,(H,27,31)(H,28,30,32)/t22-/m1/s1. The summed E-state index contributed by atoms with van der Waals surface area (Å²) in [6.45, 7) is 5.96. The Morgan fingerprint density at radius 2 is 1.82 bits per heavy atom. The molecule has 0 bridgehead atoms. The van der Waals surface area contributed by atoms with Crippen LogP contribution in [-0.2, 0) is 11.2 Å². The largest absolute Gasteiger partial charge is 0.497 e. The molecule has 180 valence electrons. The van der Waals surface area contributed by atoms with Crippen LogP contribution in [0.2, 0.25) is 0 Å². The van der Waals surface area contributed by atoms with Crippen molar-refractivity contribution in [2.45, 2.75) is 52.5 Å². The van der Waals surface area contributed by atoms with Gasteiger partial charge >= 0.3 is 0 Å². The molecule has 0 spiro atoms. The number of aromatic nitrogens is 2. The number of anilines is 1. The normalized spacial score (nSPS) is 11.8. The SMILES string of the molecule is CCCCCc1ccc(C(=O)N[C@@H](C(=O)Nc2nnc(-c3cccc(OC)c3)s2)C(C)C)cc1. The number of methoxy groups -OCH3 is 1. The molecule has 8 heteroatoms. The zero-order valence-corrected chi connectivity index (χ0v) is 20.9. The number of aryl methyl sites for hydroxylation is 1. The van der Waals surface area contributed by atoms with Gasteiger partial charge in [-0.2, -0.15) is 0 Å². The summed E-state index contributed by atoms with van der Waals surface area (Å²) >= 11 is 1.27. The summed E-state index contributed by atoms with van der Waals surface area (Å²) in [5.74, 6) is 0.00840. The smallest absolute Gasteiger partial charge is 0.251 e. The number of carbonyl (C=O) groups excluding carboxylic acids is 2. The van der Waals surface area contributed by atoms with E-state index in [2.05, 4.69) is 27.8 Å². The lowest BCUT2D eigenvalue weighted by Crippen LogP contribution is -2.47. The lowest BCUT2D eigenvalue weighted by Gasteiger charge is -2.21. The molecule has 0 saturated heterocycles. The number of carbonyl (C=O) groups is 2. The molecule has 0 aliphatic rings. The summed E-state index contributed by atoms with van der Waals surface area (Å²) in [6, 6.07) is 14.4. The lowest BCUT2D eigenvalue weighted by atomic mass is 10.0. The first-order valence-corrected chi connectivity index (χ1v) is 12.4.